The molecule has 0 amide bonds. The number of anilines is 9. The van der Waals surface area contributed by atoms with Crippen LogP contribution >= 0.6 is 0 Å². The Morgan fingerprint density at radius 1 is 0.366 bits per heavy atom. The van der Waals surface area contributed by atoms with Gasteiger partial charge in [-0.3, -0.25) is 0 Å². The fourth-order valence-electron chi connectivity index (χ4n) is 13.1. The fraction of sp³-hybridized carbons (Fsp3) is 0.271. The van der Waals surface area contributed by atoms with E-state index in [9.17, 15) is 0 Å². The number of fused-ring (bicyclic) bond motifs is 12. The molecule has 12 aromatic rings. The van der Waals surface area contributed by atoms with Gasteiger partial charge in [0.25, 0.3) is 0 Å². The van der Waals surface area contributed by atoms with Gasteiger partial charge in [-0.1, -0.05) is 72.8 Å². The normalized spacial score (nSPS) is 17.2. The van der Waals surface area contributed by atoms with Crippen molar-refractivity contribution in [2.75, 3.05) is 36.4 Å². The average molecular weight is 1090 g/mol. The van der Waals surface area contributed by atoms with Crippen LogP contribution in [-0.4, -0.2) is 52.5 Å². The molecule has 9 heterocycles. The van der Waals surface area contributed by atoms with Crippen LogP contribution in [0.2, 0.25) is 0 Å². The van der Waals surface area contributed by atoms with Gasteiger partial charge in [-0.25, -0.2) is 15.0 Å². The molecule has 0 fully saturated rings. The van der Waals surface area contributed by atoms with Crippen molar-refractivity contribution in [1.29, 1.82) is 0 Å². The topological polar surface area (TPSA) is 97.5 Å². The zero-order valence-electron chi connectivity index (χ0n) is 51.3. The molecule has 3 unspecified atom stereocenters. The van der Waals surface area contributed by atoms with E-state index in [2.05, 4.69) is 208 Å². The lowest BCUT2D eigenvalue weighted by Crippen LogP contribution is -2.42. The number of para-hydroxylation sites is 6. The van der Waals surface area contributed by atoms with Crippen LogP contribution in [0.4, 0.5) is 51.2 Å². The molecule has 0 saturated carbocycles. The number of furan rings is 3. The second-order valence-corrected chi connectivity index (χ2v) is 22.8. The quantitative estimate of drug-likeness (QED) is 0.164. The predicted octanol–water partition coefficient (Wildman–Crippen LogP) is 18.2. The van der Waals surface area contributed by atoms with Gasteiger partial charge in [0.05, 0.1) is 53.9 Å². The Morgan fingerprint density at radius 2 is 0.646 bits per heavy atom. The Kier molecular flexibility index (Phi) is 12.1. The highest BCUT2D eigenvalue weighted by atomic mass is 16.3. The average Bonchev–Trinajstić information content (AvgIpc) is 1.82. The van der Waals surface area contributed by atoms with E-state index >= 15 is 0 Å². The summed E-state index contributed by atoms with van der Waals surface area (Å²) in [5, 5.41) is 6.39. The molecule has 0 saturated heterocycles. The Morgan fingerprint density at radius 3 is 0.976 bits per heavy atom. The summed E-state index contributed by atoms with van der Waals surface area (Å²) in [6.45, 7) is 26.6. The Labute approximate surface area is 482 Å². The number of pyridine rings is 3. The molecule has 0 radical (unpaired) electrons. The van der Waals surface area contributed by atoms with Gasteiger partial charge in [0.1, 0.15) is 18.5 Å². The van der Waals surface area contributed by atoms with Crippen molar-refractivity contribution in [2.24, 2.45) is 0 Å². The summed E-state index contributed by atoms with van der Waals surface area (Å²) in [7, 11) is 2.14. The van der Waals surface area contributed by atoms with E-state index < -0.39 is 12.0 Å². The van der Waals surface area contributed by atoms with E-state index in [1.165, 1.54) is 16.9 Å². The maximum atomic E-state index is 8.74. The number of hydrogen-bond donors (Lipinski definition) is 0. The minimum atomic E-state index is -0.751. The third-order valence-corrected chi connectivity index (χ3v) is 16.9. The smallest absolute Gasteiger partial charge is 0.227 e. The molecular weight excluding hydrogens is 1010 g/mol. The summed E-state index contributed by atoms with van der Waals surface area (Å²) in [5.41, 5.74) is 21.0. The fourth-order valence-corrected chi connectivity index (χ4v) is 13.1. The van der Waals surface area contributed by atoms with Crippen LogP contribution in [0.25, 0.3) is 66.2 Å². The third-order valence-electron chi connectivity index (χ3n) is 16.9. The molecular formula is C70H71N9O3. The van der Waals surface area contributed by atoms with Crippen molar-refractivity contribution in [3.63, 3.8) is 0 Å². The first kappa shape index (κ1) is 50.0. The Bertz CT molecular complexity index is 4390. The van der Waals surface area contributed by atoms with Crippen molar-refractivity contribution in [3.8, 4) is 0 Å². The molecule has 3 atom stereocenters. The van der Waals surface area contributed by atoms with Crippen LogP contribution in [0.5, 0.6) is 0 Å². The highest BCUT2D eigenvalue weighted by Gasteiger charge is 2.39. The minimum Gasteiger partial charge on any atom is -0.435 e. The van der Waals surface area contributed by atoms with Crippen LogP contribution in [0.3, 0.4) is 0 Å². The second kappa shape index (κ2) is 19.9. The first-order valence-electron chi connectivity index (χ1n) is 29.5. The summed E-state index contributed by atoms with van der Waals surface area (Å²) >= 11 is 0. The molecule has 0 bridgehead atoms. The van der Waals surface area contributed by atoms with E-state index in [1.807, 2.05) is 78.8 Å². The van der Waals surface area contributed by atoms with E-state index in [0.717, 1.165) is 117 Å². The van der Waals surface area contributed by atoms with Gasteiger partial charge in [0, 0.05) is 68.5 Å². The van der Waals surface area contributed by atoms with Gasteiger partial charge in [0.2, 0.25) is 17.1 Å². The van der Waals surface area contributed by atoms with Gasteiger partial charge in [0.15, 0.2) is 16.7 Å². The Hall–Kier alpha value is -9.03. The molecule has 6 aromatic heterocycles. The predicted molar refractivity (Wildman–Crippen MR) is 341 cm³/mol. The lowest BCUT2D eigenvalue weighted by Gasteiger charge is -2.33. The summed E-state index contributed by atoms with van der Waals surface area (Å²) in [4.78, 5) is 27.4. The van der Waals surface area contributed by atoms with Crippen LogP contribution < -0.4 is 29.4 Å². The summed E-state index contributed by atoms with van der Waals surface area (Å²) in [5.74, 6) is 0. The zero-order valence-corrected chi connectivity index (χ0v) is 49.3. The maximum Gasteiger partial charge on any atom is 0.227 e. The number of benzene rings is 6. The number of aryl methyl sites for hydroxylation is 6. The molecule has 6 aromatic carbocycles. The third kappa shape index (κ3) is 8.19. The SMILES string of the molecule is Cc1ccc2c(n1)oc1c(N3c4ccccc4N(C)C3C)c(C)ccc12.[2H]C(C)(C)N1c2ccccc2N(c2c(C)ccc3c2oc2nc(C)ccc23)C1C.[2H]C(C)(C)N1c2ccccc2N(c2c(C)ccc3c2oc2nc(C)ccc23)C1C. The summed E-state index contributed by atoms with van der Waals surface area (Å²) < 4.78 is 36.4. The molecule has 0 N–H and O–H groups in total. The van der Waals surface area contributed by atoms with Crippen LogP contribution in [0, 0.1) is 41.5 Å². The first-order chi connectivity index (χ1) is 40.1. The minimum absolute atomic E-state index is 0.0212. The largest absolute Gasteiger partial charge is 0.435 e. The first-order valence-corrected chi connectivity index (χ1v) is 28.5. The van der Waals surface area contributed by atoms with E-state index in [1.54, 1.807) is 0 Å². The number of hydrogen-bond acceptors (Lipinski definition) is 12. The van der Waals surface area contributed by atoms with E-state index in [-0.39, 0.29) is 18.5 Å². The number of aromatic nitrogens is 3. The molecule has 0 aliphatic carbocycles. The van der Waals surface area contributed by atoms with E-state index in [4.69, 9.17) is 16.0 Å². The maximum absolute atomic E-state index is 8.74. The molecule has 414 valence electrons. The lowest BCUT2D eigenvalue weighted by atomic mass is 10.1. The van der Waals surface area contributed by atoms with Gasteiger partial charge in [-0.2, -0.15) is 0 Å². The van der Waals surface area contributed by atoms with Crippen molar-refractivity contribution < 1.29 is 16.0 Å². The van der Waals surface area contributed by atoms with Gasteiger partial charge < -0.3 is 42.7 Å². The van der Waals surface area contributed by atoms with Crippen molar-refractivity contribution in [2.45, 2.75) is 121 Å². The lowest BCUT2D eigenvalue weighted by molar-refractivity contribution is 0.601. The van der Waals surface area contributed by atoms with Crippen LogP contribution in [0.15, 0.2) is 159 Å². The zero-order chi connectivity index (χ0) is 59.0. The molecule has 12 heteroatoms. The van der Waals surface area contributed by atoms with Gasteiger partial charge in [-0.15, -0.1) is 0 Å². The molecule has 0 spiro atoms. The van der Waals surface area contributed by atoms with Crippen LogP contribution in [0.1, 0.15) is 85.0 Å². The molecule has 12 nitrogen and oxygen atoms in total. The molecule has 3 aliphatic heterocycles. The monoisotopic (exact) mass is 1090 g/mol. The number of rotatable bonds is 5. The Balaban J connectivity index is 0.000000118. The van der Waals surface area contributed by atoms with Crippen molar-refractivity contribution in [3.05, 3.63) is 179 Å². The highest BCUT2D eigenvalue weighted by Crippen LogP contribution is 2.52. The second-order valence-electron chi connectivity index (χ2n) is 22.8. The van der Waals surface area contributed by atoms with Gasteiger partial charge in [-0.05, 0) is 179 Å². The molecule has 82 heavy (non-hydrogen) atoms. The molecule has 3 aliphatic rings. The summed E-state index contributed by atoms with van der Waals surface area (Å²) in [6, 6.07) is 48.9. The van der Waals surface area contributed by atoms with Crippen molar-refractivity contribution >= 4 is 117 Å². The standard InChI is InChI=1S/2C24H25N3O.C22H21N3O/c2*1-14(2)26-17(5)27(21-9-7-6-8-20(21)26)22-15(3)10-12-18-19-13-11-16(4)25-24(19)28-23(18)22;1-13-9-11-16-17-12-10-14(2)23-22(17)26-21(16)20(13)25-15(3)24(4)18-7-5-6-8-19(18)25/h2*6-14,17H,1-5H3;5-12,15H,1-4H3/i2*14D;. The van der Waals surface area contributed by atoms with Crippen LogP contribution in [-0.2, 0) is 0 Å². The van der Waals surface area contributed by atoms with E-state index in [0.29, 0.717) is 17.1 Å². The van der Waals surface area contributed by atoms with Crippen molar-refractivity contribution in [1.82, 2.24) is 15.0 Å². The number of nitrogens with zero attached hydrogens (tertiary/aromatic N) is 9. The highest BCUT2D eigenvalue weighted by molar-refractivity contribution is 6.12. The summed E-state index contributed by atoms with van der Waals surface area (Å²) in [6.07, 6.45) is 0.166. The van der Waals surface area contributed by atoms with Gasteiger partial charge >= 0.3 is 0 Å². The molecule has 15 rings (SSSR count).